The van der Waals surface area contributed by atoms with Crippen LogP contribution < -0.4 is 9.62 Å². The van der Waals surface area contributed by atoms with Crippen LogP contribution in [-0.2, 0) is 26.2 Å². The number of hydrogen-bond acceptors (Lipinski definition) is 4. The summed E-state index contributed by atoms with van der Waals surface area (Å²) in [4.78, 5) is 28.1. The van der Waals surface area contributed by atoms with Crippen LogP contribution in [0.2, 0.25) is 0 Å². The highest BCUT2D eigenvalue weighted by molar-refractivity contribution is 9.10. The average molecular weight is 551 g/mol. The molecule has 1 fully saturated rings. The molecule has 0 aromatic heterocycles. The summed E-state index contributed by atoms with van der Waals surface area (Å²) in [5.74, 6) is -0.667. The predicted molar refractivity (Wildman–Crippen MR) is 138 cm³/mol. The Bertz CT molecular complexity index is 1130. The van der Waals surface area contributed by atoms with Crippen molar-refractivity contribution >= 4 is 43.5 Å². The molecule has 0 radical (unpaired) electrons. The first-order valence-electron chi connectivity index (χ1n) is 11.4. The maximum atomic E-state index is 13.6. The van der Waals surface area contributed by atoms with E-state index >= 15 is 0 Å². The number of anilines is 1. The fourth-order valence-corrected chi connectivity index (χ4v) is 5.60. The highest BCUT2D eigenvalue weighted by atomic mass is 79.9. The van der Waals surface area contributed by atoms with E-state index in [1.54, 1.807) is 32.0 Å². The van der Waals surface area contributed by atoms with Gasteiger partial charge in [-0.1, -0.05) is 59.1 Å². The van der Waals surface area contributed by atoms with Gasteiger partial charge in [-0.3, -0.25) is 13.9 Å². The first-order chi connectivity index (χ1) is 16.1. The number of aryl methyl sites for hydroxylation is 1. The Hall–Kier alpha value is -2.39. The molecule has 0 bridgehead atoms. The van der Waals surface area contributed by atoms with Gasteiger partial charge < -0.3 is 10.2 Å². The Labute approximate surface area is 210 Å². The number of halogens is 1. The van der Waals surface area contributed by atoms with E-state index in [2.05, 4.69) is 21.2 Å². The summed E-state index contributed by atoms with van der Waals surface area (Å²) < 4.78 is 27.3. The molecule has 9 heteroatoms. The third-order valence-electron chi connectivity index (χ3n) is 6.17. The fraction of sp³-hybridized carbons (Fsp3) is 0.440. The van der Waals surface area contributed by atoms with Gasteiger partial charge in [-0.05, 0) is 56.0 Å². The molecule has 1 N–H and O–H groups in total. The minimum absolute atomic E-state index is 0.122. The van der Waals surface area contributed by atoms with Gasteiger partial charge in [0.05, 0.1) is 11.9 Å². The molecule has 34 heavy (non-hydrogen) atoms. The molecular weight excluding hydrogens is 518 g/mol. The summed E-state index contributed by atoms with van der Waals surface area (Å²) >= 11 is 3.45. The average Bonchev–Trinajstić information content (AvgIpc) is 3.28. The molecule has 0 aliphatic heterocycles. The van der Waals surface area contributed by atoms with Crippen molar-refractivity contribution in [1.29, 1.82) is 0 Å². The molecule has 1 aliphatic carbocycles. The summed E-state index contributed by atoms with van der Waals surface area (Å²) in [5.41, 5.74) is 2.03. The van der Waals surface area contributed by atoms with Gasteiger partial charge >= 0.3 is 0 Å². The first kappa shape index (κ1) is 26.2. The van der Waals surface area contributed by atoms with Gasteiger partial charge in [-0.2, -0.15) is 0 Å². The lowest BCUT2D eigenvalue weighted by molar-refractivity contribution is -0.139. The zero-order valence-electron chi connectivity index (χ0n) is 19.8. The second-order valence-corrected chi connectivity index (χ2v) is 11.7. The van der Waals surface area contributed by atoms with Crippen LogP contribution in [0.1, 0.15) is 43.7 Å². The highest BCUT2D eigenvalue weighted by Gasteiger charge is 2.31. The standard InChI is InChI=1S/C25H32BrN3O4S/c1-18-9-4-7-14-23(18)29(34(3,32)33)17-24(30)28(16-20-10-8-11-21(26)15-20)19(2)25(31)27-22-12-5-6-13-22/h4,7-11,14-15,19,22H,5-6,12-13,16-17H2,1-3H3,(H,27,31)/t19-/m0/s1. The number of rotatable bonds is 9. The number of benzene rings is 2. The van der Waals surface area contributed by atoms with Gasteiger partial charge in [0.1, 0.15) is 12.6 Å². The van der Waals surface area contributed by atoms with Gasteiger partial charge in [0.2, 0.25) is 21.8 Å². The molecule has 0 spiro atoms. The van der Waals surface area contributed by atoms with Gasteiger partial charge in [0.25, 0.3) is 0 Å². The third-order valence-corrected chi connectivity index (χ3v) is 7.79. The van der Waals surface area contributed by atoms with E-state index < -0.39 is 28.5 Å². The molecule has 3 rings (SSSR count). The third kappa shape index (κ3) is 6.82. The quantitative estimate of drug-likeness (QED) is 0.512. The highest BCUT2D eigenvalue weighted by Crippen LogP contribution is 2.23. The largest absolute Gasteiger partial charge is 0.352 e. The van der Waals surface area contributed by atoms with Crippen LogP contribution >= 0.6 is 15.9 Å². The van der Waals surface area contributed by atoms with Crippen molar-refractivity contribution in [2.75, 3.05) is 17.1 Å². The minimum atomic E-state index is -3.74. The molecule has 1 saturated carbocycles. The number of amides is 2. The van der Waals surface area contributed by atoms with Gasteiger partial charge in [0.15, 0.2) is 0 Å². The van der Waals surface area contributed by atoms with E-state index in [-0.39, 0.29) is 18.5 Å². The second kappa shape index (κ2) is 11.4. The molecular formula is C25H32BrN3O4S. The lowest BCUT2D eigenvalue weighted by Gasteiger charge is -2.32. The number of carbonyl (C=O) groups excluding carboxylic acids is 2. The van der Waals surface area contributed by atoms with Crippen molar-refractivity contribution in [2.45, 2.75) is 58.2 Å². The Morgan fingerprint density at radius 1 is 1.12 bits per heavy atom. The molecule has 2 aromatic carbocycles. The maximum absolute atomic E-state index is 13.6. The van der Waals surface area contributed by atoms with Gasteiger partial charge in [-0.15, -0.1) is 0 Å². The molecule has 2 aromatic rings. The Morgan fingerprint density at radius 3 is 2.41 bits per heavy atom. The Balaban J connectivity index is 1.89. The normalized spacial score (nSPS) is 15.1. The molecule has 0 heterocycles. The van der Waals surface area contributed by atoms with Crippen molar-refractivity contribution in [3.8, 4) is 0 Å². The van der Waals surface area contributed by atoms with Crippen molar-refractivity contribution in [3.05, 3.63) is 64.1 Å². The van der Waals surface area contributed by atoms with Crippen molar-refractivity contribution < 1.29 is 18.0 Å². The Morgan fingerprint density at radius 2 is 1.79 bits per heavy atom. The SMILES string of the molecule is Cc1ccccc1N(CC(=O)N(Cc1cccc(Br)c1)[C@@H](C)C(=O)NC1CCCC1)S(C)(=O)=O. The molecule has 1 aliphatic rings. The lowest BCUT2D eigenvalue weighted by atomic mass is 10.1. The molecule has 2 amide bonds. The summed E-state index contributed by atoms with van der Waals surface area (Å²) in [6, 6.07) is 13.9. The van der Waals surface area contributed by atoms with Crippen LogP contribution in [-0.4, -0.2) is 50.0 Å². The fourth-order valence-electron chi connectivity index (χ4n) is 4.24. The van der Waals surface area contributed by atoms with Crippen molar-refractivity contribution in [1.82, 2.24) is 10.2 Å². The zero-order chi connectivity index (χ0) is 24.9. The molecule has 0 saturated heterocycles. The minimum Gasteiger partial charge on any atom is -0.352 e. The van der Waals surface area contributed by atoms with E-state index in [0.29, 0.717) is 5.69 Å². The number of hydrogen-bond donors (Lipinski definition) is 1. The number of sulfonamides is 1. The topological polar surface area (TPSA) is 86.8 Å². The number of para-hydroxylation sites is 1. The zero-order valence-corrected chi connectivity index (χ0v) is 22.2. The predicted octanol–water partition coefficient (Wildman–Crippen LogP) is 4.00. The van der Waals surface area contributed by atoms with Crippen LogP contribution in [0.25, 0.3) is 0 Å². The molecule has 7 nitrogen and oxygen atoms in total. The first-order valence-corrected chi connectivity index (χ1v) is 14.1. The maximum Gasteiger partial charge on any atom is 0.244 e. The molecule has 0 unspecified atom stereocenters. The number of nitrogens with zero attached hydrogens (tertiary/aromatic N) is 2. The van der Waals surface area contributed by atoms with Crippen LogP contribution in [0.15, 0.2) is 53.0 Å². The van der Waals surface area contributed by atoms with E-state index in [1.807, 2.05) is 30.3 Å². The van der Waals surface area contributed by atoms with Crippen molar-refractivity contribution in [3.63, 3.8) is 0 Å². The summed E-state index contributed by atoms with van der Waals surface area (Å²) in [7, 11) is -3.74. The van der Waals surface area contributed by atoms with E-state index in [9.17, 15) is 18.0 Å². The number of nitrogens with one attached hydrogen (secondary N) is 1. The van der Waals surface area contributed by atoms with Crippen LogP contribution in [0.4, 0.5) is 5.69 Å². The van der Waals surface area contributed by atoms with Crippen LogP contribution in [0.5, 0.6) is 0 Å². The lowest BCUT2D eigenvalue weighted by Crippen LogP contribution is -2.52. The molecule has 1 atom stereocenters. The molecule has 184 valence electrons. The van der Waals surface area contributed by atoms with Gasteiger partial charge in [-0.25, -0.2) is 8.42 Å². The number of carbonyl (C=O) groups is 2. The smallest absolute Gasteiger partial charge is 0.244 e. The van der Waals surface area contributed by atoms with E-state index in [1.165, 1.54) is 4.90 Å². The van der Waals surface area contributed by atoms with E-state index in [4.69, 9.17) is 0 Å². The summed E-state index contributed by atoms with van der Waals surface area (Å²) in [6.45, 7) is 3.29. The summed E-state index contributed by atoms with van der Waals surface area (Å²) in [5, 5.41) is 3.06. The van der Waals surface area contributed by atoms with Crippen LogP contribution in [0.3, 0.4) is 0 Å². The van der Waals surface area contributed by atoms with Crippen LogP contribution in [0, 0.1) is 6.92 Å². The van der Waals surface area contributed by atoms with Crippen molar-refractivity contribution in [2.24, 2.45) is 0 Å². The Kier molecular flexibility index (Phi) is 8.76. The van der Waals surface area contributed by atoms with E-state index in [0.717, 1.165) is 51.8 Å². The van der Waals surface area contributed by atoms with Gasteiger partial charge in [0, 0.05) is 17.1 Å². The monoisotopic (exact) mass is 549 g/mol. The second-order valence-electron chi connectivity index (χ2n) is 8.87. The summed E-state index contributed by atoms with van der Waals surface area (Å²) in [6.07, 6.45) is 5.13.